The lowest BCUT2D eigenvalue weighted by atomic mass is 10.2. The van der Waals surface area contributed by atoms with E-state index in [-0.39, 0.29) is 0 Å². The van der Waals surface area contributed by atoms with Crippen LogP contribution in [0.2, 0.25) is 0 Å². The van der Waals surface area contributed by atoms with E-state index < -0.39 is 0 Å². The van der Waals surface area contributed by atoms with Crippen molar-refractivity contribution in [1.82, 2.24) is 4.98 Å². The Balaban J connectivity index is 2.45. The molecule has 2 rings (SSSR count). The largest absolute Gasteiger partial charge is 0.326 e. The first-order valence-corrected chi connectivity index (χ1v) is 6.72. The van der Waals surface area contributed by atoms with Crippen LogP contribution in [0.5, 0.6) is 0 Å². The number of rotatable bonds is 4. The van der Waals surface area contributed by atoms with Crippen LogP contribution in [0.1, 0.15) is 12.5 Å². The fourth-order valence-electron chi connectivity index (χ4n) is 1.93. The Morgan fingerprint density at radius 2 is 2.00 bits per heavy atom. The van der Waals surface area contributed by atoms with Crippen LogP contribution in [0.3, 0.4) is 0 Å². The van der Waals surface area contributed by atoms with E-state index in [1.165, 1.54) is 0 Å². The Morgan fingerprint density at radius 3 is 2.61 bits per heavy atom. The third-order valence-corrected chi connectivity index (χ3v) is 3.20. The van der Waals surface area contributed by atoms with E-state index in [0.717, 1.165) is 28.1 Å². The lowest BCUT2D eigenvalue weighted by Crippen LogP contribution is -2.20. The van der Waals surface area contributed by atoms with Crippen LogP contribution in [0, 0.1) is 0 Å². The third kappa shape index (κ3) is 2.71. The summed E-state index contributed by atoms with van der Waals surface area (Å²) in [5.74, 6) is 0.925. The smallest absolute Gasteiger partial charge is 0.137 e. The van der Waals surface area contributed by atoms with Crippen molar-refractivity contribution in [3.63, 3.8) is 0 Å². The second-order valence-corrected chi connectivity index (χ2v) is 4.84. The summed E-state index contributed by atoms with van der Waals surface area (Å²) in [6, 6.07) is 12.2. The molecule has 2 N–H and O–H groups in total. The fraction of sp³-hybridized carbons (Fsp3) is 0.214. The van der Waals surface area contributed by atoms with E-state index >= 15 is 0 Å². The highest BCUT2D eigenvalue weighted by atomic mass is 79.9. The maximum atomic E-state index is 5.80. The Hall–Kier alpha value is -1.39. The van der Waals surface area contributed by atoms with Crippen LogP contribution in [-0.4, -0.2) is 11.5 Å². The molecule has 0 amide bonds. The second kappa shape index (κ2) is 5.98. The number of hydrogen-bond acceptors (Lipinski definition) is 3. The molecular weight excluding hydrogens is 290 g/mol. The zero-order valence-electron chi connectivity index (χ0n) is 10.3. The van der Waals surface area contributed by atoms with Gasteiger partial charge in [0.25, 0.3) is 0 Å². The van der Waals surface area contributed by atoms with Crippen LogP contribution < -0.4 is 10.6 Å². The number of nitrogens with two attached hydrogens (primary N) is 1. The molecule has 2 aromatic rings. The summed E-state index contributed by atoms with van der Waals surface area (Å²) in [7, 11) is 0. The highest BCUT2D eigenvalue weighted by molar-refractivity contribution is 9.10. The average Bonchev–Trinajstić information content (AvgIpc) is 2.42. The third-order valence-electron chi connectivity index (χ3n) is 2.77. The van der Waals surface area contributed by atoms with E-state index in [9.17, 15) is 0 Å². The van der Waals surface area contributed by atoms with Gasteiger partial charge in [0.05, 0.1) is 0 Å². The minimum Gasteiger partial charge on any atom is -0.326 e. The van der Waals surface area contributed by atoms with Gasteiger partial charge in [0, 0.05) is 35.0 Å². The van der Waals surface area contributed by atoms with Crippen LogP contribution in [0.15, 0.2) is 47.1 Å². The molecule has 0 bridgehead atoms. The van der Waals surface area contributed by atoms with Crippen LogP contribution >= 0.6 is 15.9 Å². The molecule has 0 fully saturated rings. The molecule has 1 heterocycles. The van der Waals surface area contributed by atoms with Crippen molar-refractivity contribution >= 4 is 27.4 Å². The molecule has 3 nitrogen and oxygen atoms in total. The summed E-state index contributed by atoms with van der Waals surface area (Å²) in [6.07, 6.45) is 1.81. The molecule has 0 saturated carbocycles. The average molecular weight is 306 g/mol. The van der Waals surface area contributed by atoms with Crippen molar-refractivity contribution in [2.45, 2.75) is 13.5 Å². The first-order chi connectivity index (χ1) is 8.76. The summed E-state index contributed by atoms with van der Waals surface area (Å²) in [5, 5.41) is 0. The van der Waals surface area contributed by atoms with Crippen molar-refractivity contribution in [2.24, 2.45) is 5.73 Å². The van der Waals surface area contributed by atoms with Gasteiger partial charge < -0.3 is 10.6 Å². The highest BCUT2D eigenvalue weighted by Gasteiger charge is 2.12. The summed E-state index contributed by atoms with van der Waals surface area (Å²) >= 11 is 3.43. The van der Waals surface area contributed by atoms with Crippen LogP contribution in [0.4, 0.5) is 11.5 Å². The van der Waals surface area contributed by atoms with E-state index in [4.69, 9.17) is 5.73 Å². The molecule has 4 heteroatoms. The van der Waals surface area contributed by atoms with Gasteiger partial charge >= 0.3 is 0 Å². The zero-order valence-corrected chi connectivity index (χ0v) is 11.9. The summed E-state index contributed by atoms with van der Waals surface area (Å²) in [5.41, 5.74) is 7.97. The molecule has 0 aliphatic rings. The Morgan fingerprint density at radius 1 is 1.28 bits per heavy atom. The molecule has 18 heavy (non-hydrogen) atoms. The van der Waals surface area contributed by atoms with E-state index in [0.29, 0.717) is 6.54 Å². The molecule has 0 spiro atoms. The quantitative estimate of drug-likeness (QED) is 0.940. The standard InChI is InChI=1S/C14H16BrN3/c1-2-18(13-6-4-3-5-7-13)14-11(9-16)8-12(15)10-17-14/h3-8,10H,2,9,16H2,1H3. The fourth-order valence-corrected chi connectivity index (χ4v) is 2.31. The normalized spacial score (nSPS) is 10.4. The number of anilines is 2. The molecule has 0 radical (unpaired) electrons. The predicted octanol–water partition coefficient (Wildman–Crippen LogP) is 3.46. The molecule has 0 saturated heterocycles. The molecule has 0 aliphatic heterocycles. The van der Waals surface area contributed by atoms with Gasteiger partial charge in [-0.15, -0.1) is 0 Å². The minimum atomic E-state index is 0.477. The van der Waals surface area contributed by atoms with Crippen LogP contribution in [-0.2, 0) is 6.54 Å². The molecule has 0 aliphatic carbocycles. The number of aromatic nitrogens is 1. The van der Waals surface area contributed by atoms with Gasteiger partial charge in [-0.3, -0.25) is 0 Å². The number of pyridine rings is 1. The van der Waals surface area contributed by atoms with Gasteiger partial charge in [-0.05, 0) is 41.1 Å². The topological polar surface area (TPSA) is 42.2 Å². The summed E-state index contributed by atoms with van der Waals surface area (Å²) < 4.78 is 0.954. The first kappa shape index (κ1) is 13.1. The van der Waals surface area contributed by atoms with E-state index in [1.807, 2.05) is 24.3 Å². The molecule has 0 atom stereocenters. The molecule has 94 valence electrons. The highest BCUT2D eigenvalue weighted by Crippen LogP contribution is 2.27. The van der Waals surface area contributed by atoms with Crippen molar-refractivity contribution in [3.8, 4) is 0 Å². The molecular formula is C14H16BrN3. The first-order valence-electron chi connectivity index (χ1n) is 5.93. The number of halogens is 1. The summed E-state index contributed by atoms with van der Waals surface area (Å²) in [6.45, 7) is 3.44. The lowest BCUT2D eigenvalue weighted by molar-refractivity contribution is 0.946. The van der Waals surface area contributed by atoms with Gasteiger partial charge in [-0.1, -0.05) is 18.2 Å². The second-order valence-electron chi connectivity index (χ2n) is 3.92. The van der Waals surface area contributed by atoms with Gasteiger partial charge in [-0.2, -0.15) is 0 Å². The Kier molecular flexibility index (Phi) is 4.33. The number of benzene rings is 1. The predicted molar refractivity (Wildman–Crippen MR) is 79.0 cm³/mol. The zero-order chi connectivity index (χ0) is 13.0. The number of nitrogens with zero attached hydrogens (tertiary/aromatic N) is 2. The molecule has 0 unspecified atom stereocenters. The van der Waals surface area contributed by atoms with Crippen molar-refractivity contribution < 1.29 is 0 Å². The lowest BCUT2D eigenvalue weighted by Gasteiger charge is -2.24. The van der Waals surface area contributed by atoms with E-state index in [1.54, 1.807) is 6.20 Å². The Bertz CT molecular complexity index is 514. The molecule has 1 aromatic carbocycles. The van der Waals surface area contributed by atoms with Gasteiger partial charge in [-0.25, -0.2) is 4.98 Å². The molecule has 1 aromatic heterocycles. The van der Waals surface area contributed by atoms with Crippen molar-refractivity contribution in [2.75, 3.05) is 11.4 Å². The summed E-state index contributed by atoms with van der Waals surface area (Å²) in [4.78, 5) is 6.66. The van der Waals surface area contributed by atoms with Gasteiger partial charge in [0.2, 0.25) is 0 Å². The monoisotopic (exact) mass is 305 g/mol. The Labute approximate surface area is 116 Å². The minimum absolute atomic E-state index is 0.477. The number of hydrogen-bond donors (Lipinski definition) is 1. The van der Waals surface area contributed by atoms with Crippen LogP contribution in [0.25, 0.3) is 0 Å². The maximum absolute atomic E-state index is 5.80. The number of para-hydroxylation sites is 1. The maximum Gasteiger partial charge on any atom is 0.137 e. The van der Waals surface area contributed by atoms with Gasteiger partial charge in [0.1, 0.15) is 5.82 Å². The van der Waals surface area contributed by atoms with Crippen molar-refractivity contribution in [3.05, 3.63) is 52.6 Å². The SMILES string of the molecule is CCN(c1ccccc1)c1ncc(Br)cc1CN. The van der Waals surface area contributed by atoms with Gasteiger partial charge in [0.15, 0.2) is 0 Å². The van der Waals surface area contributed by atoms with Crippen molar-refractivity contribution in [1.29, 1.82) is 0 Å². The van der Waals surface area contributed by atoms with E-state index in [2.05, 4.69) is 44.9 Å².